The molecule has 43 heavy (non-hydrogen) atoms. The second-order valence-electron chi connectivity index (χ2n) is 10.5. The van der Waals surface area contributed by atoms with Crippen molar-refractivity contribution in [3.63, 3.8) is 0 Å². The number of ether oxygens (including phenoxy) is 1. The van der Waals surface area contributed by atoms with Crippen LogP contribution in [0.3, 0.4) is 0 Å². The fraction of sp³-hybridized carbons (Fsp3) is 0.414. The predicted molar refractivity (Wildman–Crippen MR) is 161 cm³/mol. The van der Waals surface area contributed by atoms with Crippen molar-refractivity contribution in [1.29, 1.82) is 0 Å². The van der Waals surface area contributed by atoms with Crippen LogP contribution in [0.4, 0.5) is 0 Å². The van der Waals surface area contributed by atoms with Crippen molar-refractivity contribution in [2.75, 3.05) is 12.8 Å². The lowest BCUT2D eigenvalue weighted by Crippen LogP contribution is -2.78. The van der Waals surface area contributed by atoms with Crippen molar-refractivity contribution < 1.29 is 42.1 Å². The maximum absolute atomic E-state index is 11.3. The number of carbonyl (C=O) groups is 2. The Balaban J connectivity index is 0.000000455. The number of nitrogens with zero attached hydrogens (tertiary/aromatic N) is 1. The van der Waals surface area contributed by atoms with Gasteiger partial charge >= 0.3 is 22.0 Å². The molecule has 14 heteroatoms. The number of carbonyl (C=O) groups excluding carboxylic acids is 1. The lowest BCUT2D eigenvalue weighted by atomic mass is 10.1. The molecule has 1 unspecified atom stereocenters. The van der Waals surface area contributed by atoms with E-state index in [2.05, 4.69) is 9.56 Å². The highest BCUT2D eigenvalue weighted by atomic mass is 32.2. The molecule has 1 aromatic heterocycles. The monoisotopic (exact) mass is 619 g/mol. The summed E-state index contributed by atoms with van der Waals surface area (Å²) in [5.74, 6) is -1.30. The number of unbranched alkanes of at least 4 members (excludes halogenated alkanes) is 1. The molecule has 13 nitrogen and oxygen atoms in total. The number of nitrogens with two attached hydrogens (primary N) is 3. The third-order valence-electron chi connectivity index (χ3n) is 6.23. The van der Waals surface area contributed by atoms with Crippen LogP contribution in [0.15, 0.2) is 54.7 Å². The van der Waals surface area contributed by atoms with Crippen molar-refractivity contribution >= 4 is 38.9 Å². The number of carboxylic acids is 2. The van der Waals surface area contributed by atoms with E-state index >= 15 is 0 Å². The zero-order valence-electron chi connectivity index (χ0n) is 24.6. The van der Waals surface area contributed by atoms with Gasteiger partial charge in [0.1, 0.15) is 23.1 Å². The fourth-order valence-electron chi connectivity index (χ4n) is 3.95. The molecule has 3 aromatic rings. The molecule has 1 heterocycles. The molecular formula is C29H41N5O8S. The number of benzene rings is 2. The van der Waals surface area contributed by atoms with Crippen LogP contribution in [-0.4, -0.2) is 60.4 Å². The molecule has 0 radical (unpaired) electrons. The SMILES string of the molecule is CC(C)(Oc1ccc(CCCCn2ccc3cc(OS(C)(=O)=O)ccc32)cc1)C(=O)[O-].NC(N)=[NH+]CCCC(N)C(=O)O. The van der Waals surface area contributed by atoms with Crippen molar-refractivity contribution in [2.45, 2.75) is 64.1 Å². The quantitative estimate of drug-likeness (QED) is 0.0627. The first kappa shape index (κ1) is 34.9. The number of rotatable bonds is 15. The summed E-state index contributed by atoms with van der Waals surface area (Å²) in [6.45, 7) is 4.31. The standard InChI is InChI=1S/C23H27NO6S.C6H14N4O2/c1-23(2,22(25)26)29-19-9-7-17(8-10-19)6-4-5-14-24-15-13-18-16-20(11-12-21(18)24)30-31(3,27)28;7-4(5(11)12)2-1-3-10-6(8)9/h7-13,15-16H,4-6,14H2,1-3H3,(H,25,26);4H,1-3,7H2,(H,11,12)(H4,8,9,10). The summed E-state index contributed by atoms with van der Waals surface area (Å²) in [4.78, 5) is 23.9. The molecular weight excluding hydrogens is 578 g/mol. The molecule has 0 saturated heterocycles. The van der Waals surface area contributed by atoms with Gasteiger partial charge < -0.3 is 34.2 Å². The van der Waals surface area contributed by atoms with Crippen LogP contribution in [0.5, 0.6) is 11.5 Å². The van der Waals surface area contributed by atoms with E-state index in [1.165, 1.54) is 13.8 Å². The third-order valence-corrected chi connectivity index (χ3v) is 6.73. The van der Waals surface area contributed by atoms with E-state index in [1.54, 1.807) is 24.3 Å². The minimum Gasteiger partial charge on any atom is -0.546 e. The van der Waals surface area contributed by atoms with Crippen molar-refractivity contribution in [1.82, 2.24) is 4.57 Å². The van der Waals surface area contributed by atoms with Gasteiger partial charge in [0.05, 0.1) is 18.8 Å². The zero-order valence-corrected chi connectivity index (χ0v) is 25.4. The van der Waals surface area contributed by atoms with Gasteiger partial charge in [-0.05, 0) is 87.9 Å². The van der Waals surface area contributed by atoms with Crippen LogP contribution in [0.1, 0.15) is 45.1 Å². The van der Waals surface area contributed by atoms with E-state index in [0.717, 1.165) is 48.5 Å². The highest BCUT2D eigenvalue weighted by molar-refractivity contribution is 7.86. The molecule has 0 saturated carbocycles. The van der Waals surface area contributed by atoms with Gasteiger partial charge in [0, 0.05) is 23.6 Å². The number of guanidine groups is 1. The number of nitrogens with one attached hydrogen (secondary N) is 1. The average molecular weight is 620 g/mol. The van der Waals surface area contributed by atoms with Crippen LogP contribution in [0.2, 0.25) is 0 Å². The number of carboxylic acid groups (broad SMARTS) is 2. The minimum absolute atomic E-state index is 0.138. The molecule has 2 aromatic carbocycles. The smallest absolute Gasteiger partial charge is 0.338 e. The maximum atomic E-state index is 11.3. The number of fused-ring (bicyclic) bond motifs is 1. The Kier molecular flexibility index (Phi) is 12.8. The first-order valence-electron chi connectivity index (χ1n) is 13.7. The van der Waals surface area contributed by atoms with Gasteiger partial charge in [-0.15, -0.1) is 0 Å². The van der Waals surface area contributed by atoms with E-state index < -0.39 is 33.7 Å². The van der Waals surface area contributed by atoms with E-state index in [9.17, 15) is 23.1 Å². The predicted octanol–water partition coefficient (Wildman–Crippen LogP) is -0.558. The molecule has 8 N–H and O–H groups in total. The fourth-order valence-corrected chi connectivity index (χ4v) is 4.40. The van der Waals surface area contributed by atoms with Crippen LogP contribution in [-0.2, 0) is 32.7 Å². The Morgan fingerprint density at radius 1 is 1.05 bits per heavy atom. The van der Waals surface area contributed by atoms with Crippen LogP contribution in [0, 0.1) is 0 Å². The van der Waals surface area contributed by atoms with Gasteiger partial charge in [-0.3, -0.25) is 21.3 Å². The molecule has 0 aliphatic rings. The largest absolute Gasteiger partial charge is 0.546 e. The van der Waals surface area contributed by atoms with Crippen LogP contribution < -0.4 is 36.2 Å². The highest BCUT2D eigenvalue weighted by Gasteiger charge is 2.21. The summed E-state index contributed by atoms with van der Waals surface area (Å²) in [5.41, 5.74) is 16.2. The van der Waals surface area contributed by atoms with Gasteiger partial charge in [0.15, 0.2) is 0 Å². The average Bonchev–Trinajstić information content (AvgIpc) is 3.31. The first-order valence-corrected chi connectivity index (χ1v) is 15.5. The molecule has 0 amide bonds. The second kappa shape index (κ2) is 15.8. The molecule has 3 rings (SSSR count). The van der Waals surface area contributed by atoms with Crippen LogP contribution >= 0.6 is 0 Å². The van der Waals surface area contributed by atoms with Gasteiger partial charge in [-0.1, -0.05) is 12.1 Å². The zero-order chi connectivity index (χ0) is 32.2. The van der Waals surface area contributed by atoms with Crippen molar-refractivity contribution in [3.8, 4) is 11.5 Å². The molecule has 0 bridgehead atoms. The molecule has 0 aliphatic carbocycles. The Morgan fingerprint density at radius 3 is 2.28 bits per heavy atom. The van der Waals surface area contributed by atoms with E-state index in [0.29, 0.717) is 30.9 Å². The van der Waals surface area contributed by atoms with Gasteiger partial charge in [0.2, 0.25) is 0 Å². The highest BCUT2D eigenvalue weighted by Crippen LogP contribution is 2.24. The lowest BCUT2D eigenvalue weighted by molar-refractivity contribution is -0.459. The van der Waals surface area contributed by atoms with Gasteiger partial charge in [-0.2, -0.15) is 8.42 Å². The normalized spacial score (nSPS) is 12.1. The summed E-state index contributed by atoms with van der Waals surface area (Å²) >= 11 is 0. The van der Waals surface area contributed by atoms with E-state index in [-0.39, 0.29) is 5.96 Å². The molecule has 0 aliphatic heterocycles. The minimum atomic E-state index is -3.54. The summed E-state index contributed by atoms with van der Waals surface area (Å²) in [6, 6.07) is 13.8. The second-order valence-corrected chi connectivity index (χ2v) is 12.1. The molecule has 236 valence electrons. The maximum Gasteiger partial charge on any atom is 0.338 e. The van der Waals surface area contributed by atoms with Crippen molar-refractivity contribution in [2.24, 2.45) is 17.2 Å². The molecule has 0 fully saturated rings. The number of hydrogen-bond acceptors (Lipinski definition) is 8. The molecule has 1 atom stereocenters. The Labute approximate surface area is 251 Å². The number of aryl methyl sites for hydroxylation is 2. The Hall–Kier alpha value is -4.30. The summed E-state index contributed by atoms with van der Waals surface area (Å²) in [5, 5.41) is 20.4. The third kappa shape index (κ3) is 12.6. The first-order chi connectivity index (χ1) is 20.1. The number of aliphatic carboxylic acids is 2. The number of aromatic nitrogens is 1. The topological polar surface area (TPSA) is 227 Å². The van der Waals surface area contributed by atoms with Crippen LogP contribution in [0.25, 0.3) is 10.9 Å². The van der Waals surface area contributed by atoms with Gasteiger partial charge in [0.25, 0.3) is 0 Å². The summed E-state index contributed by atoms with van der Waals surface area (Å²) in [6.07, 6.45) is 6.91. The van der Waals surface area contributed by atoms with E-state index in [4.69, 9.17) is 31.2 Å². The Morgan fingerprint density at radius 2 is 1.70 bits per heavy atom. The van der Waals surface area contributed by atoms with Crippen molar-refractivity contribution in [3.05, 3.63) is 60.3 Å². The number of hydrogen-bond donors (Lipinski definition) is 5. The van der Waals surface area contributed by atoms with Gasteiger partial charge in [-0.25, -0.2) is 0 Å². The molecule has 0 spiro atoms. The Bertz CT molecular complexity index is 1500. The lowest BCUT2D eigenvalue weighted by Gasteiger charge is -2.27. The summed E-state index contributed by atoms with van der Waals surface area (Å²) < 4.78 is 35.1. The van der Waals surface area contributed by atoms with E-state index in [1.807, 2.05) is 30.5 Å². The summed E-state index contributed by atoms with van der Waals surface area (Å²) in [7, 11) is -3.54.